The number of thioether (sulfide) groups is 1. The highest BCUT2D eigenvalue weighted by atomic mass is 32.2. The van der Waals surface area contributed by atoms with Gasteiger partial charge in [0.15, 0.2) is 0 Å². The van der Waals surface area contributed by atoms with E-state index in [-0.39, 0.29) is 11.8 Å². The fourth-order valence-corrected chi connectivity index (χ4v) is 4.28. The van der Waals surface area contributed by atoms with E-state index in [1.165, 1.54) is 11.8 Å². The van der Waals surface area contributed by atoms with Crippen molar-refractivity contribution in [1.82, 2.24) is 24.4 Å². The molecule has 1 amide bonds. The second kappa shape index (κ2) is 8.56. The van der Waals surface area contributed by atoms with Crippen LogP contribution in [0, 0.1) is 0 Å². The van der Waals surface area contributed by atoms with Crippen LogP contribution < -0.4 is 0 Å². The maximum absolute atomic E-state index is 13.1. The number of carbonyl (C=O) groups excluding carboxylic acids is 1. The summed E-state index contributed by atoms with van der Waals surface area (Å²) in [7, 11) is 0. The number of likely N-dealkylation sites (tertiary alicyclic amines) is 1. The predicted octanol–water partition coefficient (Wildman–Crippen LogP) is 3.46. The van der Waals surface area contributed by atoms with E-state index in [4.69, 9.17) is 0 Å². The molecule has 1 fully saturated rings. The van der Waals surface area contributed by atoms with E-state index in [1.54, 1.807) is 6.20 Å². The molecule has 144 valence electrons. The number of piperidine rings is 1. The van der Waals surface area contributed by atoms with Crippen molar-refractivity contribution in [3.05, 3.63) is 72.2 Å². The van der Waals surface area contributed by atoms with Crippen molar-refractivity contribution in [1.29, 1.82) is 0 Å². The minimum atomic E-state index is 0.0602. The van der Waals surface area contributed by atoms with Crippen LogP contribution in [0.15, 0.2) is 60.1 Å². The first-order valence-electron chi connectivity index (χ1n) is 9.45. The third-order valence-electron chi connectivity index (χ3n) is 5.07. The quantitative estimate of drug-likeness (QED) is 0.621. The largest absolute Gasteiger partial charge is 0.338 e. The monoisotopic (exact) mass is 393 g/mol. The van der Waals surface area contributed by atoms with Gasteiger partial charge < -0.3 is 9.47 Å². The van der Waals surface area contributed by atoms with Gasteiger partial charge in [-0.25, -0.2) is 9.97 Å². The summed E-state index contributed by atoms with van der Waals surface area (Å²) in [6.45, 7) is 2.15. The Morgan fingerprint density at radius 1 is 1.14 bits per heavy atom. The zero-order chi connectivity index (χ0) is 19.3. The molecule has 0 aliphatic carbocycles. The molecule has 4 rings (SSSR count). The maximum atomic E-state index is 13.1. The van der Waals surface area contributed by atoms with Crippen LogP contribution >= 0.6 is 11.8 Å². The molecule has 0 bridgehead atoms. The second-order valence-electron chi connectivity index (χ2n) is 6.88. The number of nitrogens with zero attached hydrogens (tertiary/aromatic N) is 5. The molecule has 1 aliphatic rings. The van der Waals surface area contributed by atoms with Gasteiger partial charge in [-0.05, 0) is 43.4 Å². The SMILES string of the molecule is CSc1ncccc1C(=O)N1CCCC(c2nccn2Cc2ccccn2)C1. The van der Waals surface area contributed by atoms with Gasteiger partial charge in [-0.15, -0.1) is 11.8 Å². The van der Waals surface area contributed by atoms with E-state index < -0.39 is 0 Å². The molecular formula is C21H23N5OS. The molecule has 0 radical (unpaired) electrons. The van der Waals surface area contributed by atoms with Gasteiger partial charge in [0.1, 0.15) is 10.9 Å². The number of hydrogen-bond donors (Lipinski definition) is 0. The van der Waals surface area contributed by atoms with Gasteiger partial charge >= 0.3 is 0 Å². The molecule has 1 saturated heterocycles. The predicted molar refractivity (Wildman–Crippen MR) is 109 cm³/mol. The summed E-state index contributed by atoms with van der Waals surface area (Å²) in [4.78, 5) is 28.4. The standard InChI is InChI=1S/C21H23N5OS/c1-28-20-18(8-4-10-24-20)21(27)26-12-5-6-16(14-26)19-23-11-13-25(19)15-17-7-2-3-9-22-17/h2-4,7-11,13,16H,5-6,12,14-15H2,1H3. The van der Waals surface area contributed by atoms with Gasteiger partial charge in [0.2, 0.25) is 0 Å². The summed E-state index contributed by atoms with van der Waals surface area (Å²) < 4.78 is 2.15. The molecule has 4 heterocycles. The van der Waals surface area contributed by atoms with Crippen LogP contribution in [0.25, 0.3) is 0 Å². The highest BCUT2D eigenvalue weighted by Crippen LogP contribution is 2.28. The van der Waals surface area contributed by atoms with Crippen LogP contribution in [0.4, 0.5) is 0 Å². The smallest absolute Gasteiger partial charge is 0.256 e. The van der Waals surface area contributed by atoms with Crippen LogP contribution in [0.5, 0.6) is 0 Å². The van der Waals surface area contributed by atoms with Crippen molar-refractivity contribution in [2.75, 3.05) is 19.3 Å². The topological polar surface area (TPSA) is 63.9 Å². The molecule has 0 N–H and O–H groups in total. The number of imidazole rings is 1. The van der Waals surface area contributed by atoms with Gasteiger partial charge in [0, 0.05) is 43.8 Å². The summed E-state index contributed by atoms with van der Waals surface area (Å²) in [5.74, 6) is 1.32. The molecule has 1 aliphatic heterocycles. The molecule has 0 saturated carbocycles. The number of hydrogen-bond acceptors (Lipinski definition) is 5. The third-order valence-corrected chi connectivity index (χ3v) is 5.79. The van der Waals surface area contributed by atoms with Crippen molar-refractivity contribution >= 4 is 17.7 Å². The van der Waals surface area contributed by atoms with Gasteiger partial charge in [-0.1, -0.05) is 6.07 Å². The lowest BCUT2D eigenvalue weighted by Gasteiger charge is -2.33. The first-order chi connectivity index (χ1) is 13.8. The zero-order valence-electron chi connectivity index (χ0n) is 15.9. The fraction of sp³-hybridized carbons (Fsp3) is 0.333. The van der Waals surface area contributed by atoms with E-state index in [1.807, 2.05) is 60.1 Å². The Hall–Kier alpha value is -2.67. The summed E-state index contributed by atoms with van der Waals surface area (Å²) in [6.07, 6.45) is 11.3. The van der Waals surface area contributed by atoms with Gasteiger partial charge in [-0.2, -0.15) is 0 Å². The van der Waals surface area contributed by atoms with Crippen molar-refractivity contribution in [3.8, 4) is 0 Å². The minimum absolute atomic E-state index is 0.0602. The van der Waals surface area contributed by atoms with E-state index in [0.29, 0.717) is 18.7 Å². The number of aromatic nitrogens is 4. The van der Waals surface area contributed by atoms with Crippen LogP contribution in [-0.2, 0) is 6.54 Å². The first kappa shape index (κ1) is 18.7. The Balaban J connectivity index is 1.52. The highest BCUT2D eigenvalue weighted by Gasteiger charge is 2.29. The van der Waals surface area contributed by atoms with E-state index in [0.717, 1.165) is 35.9 Å². The number of carbonyl (C=O) groups is 1. The third kappa shape index (κ3) is 3.94. The number of amides is 1. The van der Waals surface area contributed by atoms with E-state index >= 15 is 0 Å². The molecule has 0 aromatic carbocycles. The molecule has 1 atom stereocenters. The van der Waals surface area contributed by atoms with Gasteiger partial charge in [0.05, 0.1) is 17.8 Å². The number of pyridine rings is 2. The van der Waals surface area contributed by atoms with Crippen molar-refractivity contribution < 1.29 is 4.79 Å². The van der Waals surface area contributed by atoms with Crippen molar-refractivity contribution in [2.24, 2.45) is 0 Å². The molecule has 1 unspecified atom stereocenters. The average Bonchev–Trinajstić information content (AvgIpc) is 3.22. The van der Waals surface area contributed by atoms with Crippen molar-refractivity contribution in [3.63, 3.8) is 0 Å². The zero-order valence-corrected chi connectivity index (χ0v) is 16.7. The highest BCUT2D eigenvalue weighted by molar-refractivity contribution is 7.98. The molecule has 7 heteroatoms. The fourth-order valence-electron chi connectivity index (χ4n) is 3.74. The molecule has 28 heavy (non-hydrogen) atoms. The lowest BCUT2D eigenvalue weighted by Crippen LogP contribution is -2.40. The average molecular weight is 394 g/mol. The summed E-state index contributed by atoms with van der Waals surface area (Å²) in [5.41, 5.74) is 1.69. The van der Waals surface area contributed by atoms with Crippen LogP contribution in [0.3, 0.4) is 0 Å². The Kier molecular flexibility index (Phi) is 5.71. The lowest BCUT2D eigenvalue weighted by molar-refractivity contribution is 0.0699. The molecular weight excluding hydrogens is 370 g/mol. The molecule has 0 spiro atoms. The van der Waals surface area contributed by atoms with Crippen LogP contribution in [0.1, 0.15) is 40.6 Å². The van der Waals surface area contributed by atoms with E-state index in [2.05, 4.69) is 19.5 Å². The Morgan fingerprint density at radius 3 is 2.86 bits per heavy atom. The molecule has 3 aromatic rings. The van der Waals surface area contributed by atoms with Gasteiger partial charge in [-0.3, -0.25) is 9.78 Å². The normalized spacial score (nSPS) is 16.9. The summed E-state index contributed by atoms with van der Waals surface area (Å²) >= 11 is 1.51. The summed E-state index contributed by atoms with van der Waals surface area (Å²) in [5, 5.41) is 0.784. The number of rotatable bonds is 5. The van der Waals surface area contributed by atoms with Crippen LogP contribution in [0.2, 0.25) is 0 Å². The minimum Gasteiger partial charge on any atom is -0.338 e. The Labute approximate surface area is 169 Å². The Morgan fingerprint density at radius 2 is 2.04 bits per heavy atom. The van der Waals surface area contributed by atoms with Gasteiger partial charge in [0.25, 0.3) is 5.91 Å². The maximum Gasteiger partial charge on any atom is 0.256 e. The lowest BCUT2D eigenvalue weighted by atomic mass is 9.96. The first-order valence-corrected chi connectivity index (χ1v) is 10.7. The van der Waals surface area contributed by atoms with E-state index in [9.17, 15) is 4.79 Å². The van der Waals surface area contributed by atoms with Crippen molar-refractivity contribution in [2.45, 2.75) is 30.3 Å². The molecule has 3 aromatic heterocycles. The second-order valence-corrected chi connectivity index (χ2v) is 7.68. The Bertz CT molecular complexity index is 943. The van der Waals surface area contributed by atoms with Crippen LogP contribution in [-0.4, -0.2) is 49.7 Å². The molecule has 6 nitrogen and oxygen atoms in total. The summed E-state index contributed by atoms with van der Waals surface area (Å²) in [6, 6.07) is 9.63.